The molecule has 90 valence electrons. The number of carbonyl (C=O) groups excluding carboxylic acids is 1. The highest BCUT2D eigenvalue weighted by atomic mass is 16.3. The maximum absolute atomic E-state index is 12.1. The van der Waals surface area contributed by atoms with Crippen LogP contribution in [0.15, 0.2) is 24.3 Å². The number of hydrogen-bond donors (Lipinski definition) is 2. The van der Waals surface area contributed by atoms with E-state index < -0.39 is 5.60 Å². The SMILES string of the molecule is Nc1ccccc1C(=O)N1CC(O)(C2CC2)C1. The fourth-order valence-electron chi connectivity index (χ4n) is 2.50. The van der Waals surface area contributed by atoms with E-state index in [9.17, 15) is 9.90 Å². The zero-order chi connectivity index (χ0) is 12.0. The van der Waals surface area contributed by atoms with E-state index in [0.29, 0.717) is 30.3 Å². The summed E-state index contributed by atoms with van der Waals surface area (Å²) in [5, 5.41) is 10.2. The number of aliphatic hydroxyl groups is 1. The van der Waals surface area contributed by atoms with Crippen molar-refractivity contribution in [3.8, 4) is 0 Å². The first-order valence-electron chi connectivity index (χ1n) is 5.96. The number of anilines is 1. The summed E-state index contributed by atoms with van der Waals surface area (Å²) in [7, 11) is 0. The van der Waals surface area contributed by atoms with E-state index in [1.165, 1.54) is 0 Å². The van der Waals surface area contributed by atoms with Crippen LogP contribution in [0.1, 0.15) is 23.2 Å². The summed E-state index contributed by atoms with van der Waals surface area (Å²) in [5.41, 5.74) is 6.17. The van der Waals surface area contributed by atoms with Crippen LogP contribution < -0.4 is 5.73 Å². The van der Waals surface area contributed by atoms with Gasteiger partial charge in [-0.2, -0.15) is 0 Å². The van der Waals surface area contributed by atoms with Crippen LogP contribution in [0.4, 0.5) is 5.69 Å². The predicted octanol–water partition coefficient (Wildman–Crippen LogP) is 0.866. The van der Waals surface area contributed by atoms with E-state index in [0.717, 1.165) is 12.8 Å². The van der Waals surface area contributed by atoms with E-state index in [2.05, 4.69) is 0 Å². The van der Waals surface area contributed by atoms with Crippen LogP contribution in [0, 0.1) is 5.92 Å². The second-order valence-corrected chi connectivity index (χ2v) is 5.13. The second-order valence-electron chi connectivity index (χ2n) is 5.13. The van der Waals surface area contributed by atoms with Gasteiger partial charge < -0.3 is 15.7 Å². The van der Waals surface area contributed by atoms with Gasteiger partial charge in [-0.25, -0.2) is 0 Å². The number of hydrogen-bond acceptors (Lipinski definition) is 3. The first kappa shape index (κ1) is 10.6. The zero-order valence-electron chi connectivity index (χ0n) is 9.60. The molecule has 1 aromatic rings. The first-order chi connectivity index (χ1) is 8.10. The van der Waals surface area contributed by atoms with Crippen molar-refractivity contribution in [3.63, 3.8) is 0 Å². The fraction of sp³-hybridized carbons (Fsp3) is 0.462. The third-order valence-electron chi connectivity index (χ3n) is 3.75. The number of nitrogen functional groups attached to an aromatic ring is 1. The lowest BCUT2D eigenvalue weighted by atomic mass is 9.88. The number of amides is 1. The number of para-hydroxylation sites is 1. The van der Waals surface area contributed by atoms with Gasteiger partial charge in [0.05, 0.1) is 18.7 Å². The zero-order valence-corrected chi connectivity index (χ0v) is 9.60. The van der Waals surface area contributed by atoms with Crippen molar-refractivity contribution in [1.82, 2.24) is 4.90 Å². The summed E-state index contributed by atoms with van der Waals surface area (Å²) in [6.07, 6.45) is 2.18. The van der Waals surface area contributed by atoms with Gasteiger partial charge in [-0.05, 0) is 30.9 Å². The molecule has 0 atom stereocenters. The maximum Gasteiger partial charge on any atom is 0.256 e. The van der Waals surface area contributed by atoms with Gasteiger partial charge in [-0.1, -0.05) is 12.1 Å². The van der Waals surface area contributed by atoms with Gasteiger partial charge >= 0.3 is 0 Å². The Morgan fingerprint density at radius 2 is 2.00 bits per heavy atom. The lowest BCUT2D eigenvalue weighted by Crippen LogP contribution is -2.64. The van der Waals surface area contributed by atoms with Gasteiger partial charge in [0.2, 0.25) is 0 Å². The van der Waals surface area contributed by atoms with Crippen LogP contribution in [-0.2, 0) is 0 Å². The number of carbonyl (C=O) groups is 1. The molecule has 0 radical (unpaired) electrons. The first-order valence-corrected chi connectivity index (χ1v) is 5.96. The Labute approximate surface area is 100 Å². The largest absolute Gasteiger partial charge is 0.398 e. The molecule has 1 amide bonds. The molecule has 0 spiro atoms. The standard InChI is InChI=1S/C13H16N2O2/c14-11-4-2-1-3-10(11)12(16)15-7-13(17,8-15)9-5-6-9/h1-4,9,17H,5-8,14H2. The Hall–Kier alpha value is -1.55. The highest BCUT2D eigenvalue weighted by Gasteiger charge is 2.53. The third kappa shape index (κ3) is 1.69. The molecule has 1 aromatic carbocycles. The minimum atomic E-state index is -0.626. The molecule has 1 saturated heterocycles. The van der Waals surface area contributed by atoms with Crippen molar-refractivity contribution in [2.75, 3.05) is 18.8 Å². The Kier molecular flexibility index (Phi) is 2.16. The number of nitrogens with zero attached hydrogens (tertiary/aromatic N) is 1. The molecule has 4 heteroatoms. The summed E-state index contributed by atoms with van der Waals surface area (Å²) in [5.74, 6) is 0.327. The third-order valence-corrected chi connectivity index (χ3v) is 3.75. The van der Waals surface area contributed by atoms with Gasteiger partial charge in [0, 0.05) is 5.69 Å². The Bertz CT molecular complexity index is 462. The lowest BCUT2D eigenvalue weighted by molar-refractivity contribution is -0.0957. The van der Waals surface area contributed by atoms with Crippen LogP contribution in [0.3, 0.4) is 0 Å². The normalized spacial score (nSPS) is 22.1. The Balaban J connectivity index is 1.71. The molecule has 17 heavy (non-hydrogen) atoms. The van der Waals surface area contributed by atoms with Gasteiger partial charge in [0.1, 0.15) is 5.60 Å². The number of nitrogens with two attached hydrogens (primary N) is 1. The predicted molar refractivity (Wildman–Crippen MR) is 64.4 cm³/mol. The molecule has 4 nitrogen and oxygen atoms in total. The summed E-state index contributed by atoms with van der Waals surface area (Å²) in [6, 6.07) is 7.06. The van der Waals surface area contributed by atoms with Gasteiger partial charge in [0.25, 0.3) is 5.91 Å². The summed E-state index contributed by atoms with van der Waals surface area (Å²) < 4.78 is 0. The van der Waals surface area contributed by atoms with Crippen molar-refractivity contribution in [2.24, 2.45) is 5.92 Å². The van der Waals surface area contributed by atoms with Crippen LogP contribution in [0.5, 0.6) is 0 Å². The van der Waals surface area contributed by atoms with E-state index in [1.54, 1.807) is 23.1 Å². The number of likely N-dealkylation sites (tertiary alicyclic amines) is 1. The molecule has 3 rings (SSSR count). The minimum absolute atomic E-state index is 0.0755. The second kappa shape index (κ2) is 3.47. The molecule has 1 aliphatic carbocycles. The molecular formula is C13H16N2O2. The van der Waals surface area contributed by atoms with Crippen molar-refractivity contribution in [1.29, 1.82) is 0 Å². The minimum Gasteiger partial charge on any atom is -0.398 e. The molecule has 0 bridgehead atoms. The van der Waals surface area contributed by atoms with Gasteiger partial charge in [0.15, 0.2) is 0 Å². The topological polar surface area (TPSA) is 66.6 Å². The Morgan fingerprint density at radius 1 is 1.35 bits per heavy atom. The fourth-order valence-corrected chi connectivity index (χ4v) is 2.50. The summed E-state index contributed by atoms with van der Waals surface area (Å²) in [4.78, 5) is 13.8. The quantitative estimate of drug-likeness (QED) is 0.743. The van der Waals surface area contributed by atoms with Gasteiger partial charge in [-0.15, -0.1) is 0 Å². The van der Waals surface area contributed by atoms with Crippen LogP contribution in [0.25, 0.3) is 0 Å². The van der Waals surface area contributed by atoms with Gasteiger partial charge in [-0.3, -0.25) is 4.79 Å². The molecule has 2 aliphatic rings. The monoisotopic (exact) mass is 232 g/mol. The lowest BCUT2D eigenvalue weighted by Gasteiger charge is -2.47. The summed E-state index contributed by atoms with van der Waals surface area (Å²) in [6.45, 7) is 0.898. The average Bonchev–Trinajstić information content (AvgIpc) is 3.08. The van der Waals surface area contributed by atoms with E-state index in [4.69, 9.17) is 5.73 Å². The highest BCUT2D eigenvalue weighted by Crippen LogP contribution is 2.44. The van der Waals surface area contributed by atoms with Crippen LogP contribution >= 0.6 is 0 Å². The van der Waals surface area contributed by atoms with E-state index in [1.807, 2.05) is 6.07 Å². The molecule has 1 heterocycles. The maximum atomic E-state index is 12.1. The van der Waals surface area contributed by atoms with Crippen molar-refractivity contribution in [3.05, 3.63) is 29.8 Å². The molecule has 2 fully saturated rings. The van der Waals surface area contributed by atoms with Crippen molar-refractivity contribution >= 4 is 11.6 Å². The molecule has 0 unspecified atom stereocenters. The van der Waals surface area contributed by atoms with Crippen molar-refractivity contribution < 1.29 is 9.90 Å². The van der Waals surface area contributed by atoms with Crippen LogP contribution in [0.2, 0.25) is 0 Å². The molecular weight excluding hydrogens is 216 g/mol. The van der Waals surface area contributed by atoms with E-state index >= 15 is 0 Å². The number of benzene rings is 1. The smallest absolute Gasteiger partial charge is 0.256 e. The number of β-amino-alcohol motifs (C(OH)–C–C–N with tert-alkyl or cyclic N) is 1. The molecule has 1 aliphatic heterocycles. The molecule has 3 N–H and O–H groups in total. The van der Waals surface area contributed by atoms with Crippen LogP contribution in [-0.4, -0.2) is 34.6 Å². The number of rotatable bonds is 2. The summed E-state index contributed by atoms with van der Waals surface area (Å²) >= 11 is 0. The highest BCUT2D eigenvalue weighted by molar-refractivity contribution is 5.99. The Morgan fingerprint density at radius 3 is 2.59 bits per heavy atom. The molecule has 1 saturated carbocycles. The van der Waals surface area contributed by atoms with Crippen molar-refractivity contribution in [2.45, 2.75) is 18.4 Å². The molecule has 0 aromatic heterocycles. The average molecular weight is 232 g/mol. The van der Waals surface area contributed by atoms with E-state index in [-0.39, 0.29) is 5.91 Å².